The van der Waals surface area contributed by atoms with E-state index in [1.807, 2.05) is 17.7 Å². The number of aromatic nitrogens is 1. The maximum atomic E-state index is 12.1. The van der Waals surface area contributed by atoms with Gasteiger partial charge in [0, 0.05) is 49.8 Å². The largest absolute Gasteiger partial charge is 0.388 e. The lowest BCUT2D eigenvalue weighted by atomic mass is 9.94. The van der Waals surface area contributed by atoms with Gasteiger partial charge in [0.1, 0.15) is 5.69 Å². The first-order valence-corrected chi connectivity index (χ1v) is 7.27. The van der Waals surface area contributed by atoms with Gasteiger partial charge in [-0.2, -0.15) is 0 Å². The number of rotatable bonds is 4. The van der Waals surface area contributed by atoms with Crippen molar-refractivity contribution < 1.29 is 14.6 Å². The van der Waals surface area contributed by atoms with Gasteiger partial charge in [0.15, 0.2) is 0 Å². The van der Waals surface area contributed by atoms with E-state index in [1.165, 1.54) is 0 Å². The van der Waals surface area contributed by atoms with Crippen LogP contribution in [0.2, 0.25) is 0 Å². The Bertz CT molecular complexity index is 453. The molecular formula is C13H19BrN2O3. The van der Waals surface area contributed by atoms with Gasteiger partial charge >= 0.3 is 0 Å². The molecule has 1 amide bonds. The Morgan fingerprint density at radius 1 is 1.58 bits per heavy atom. The second-order valence-electron chi connectivity index (χ2n) is 4.85. The molecule has 1 aromatic heterocycles. The summed E-state index contributed by atoms with van der Waals surface area (Å²) in [5.74, 6) is -0.160. The van der Waals surface area contributed by atoms with Crippen molar-refractivity contribution in [3.8, 4) is 0 Å². The molecule has 0 aliphatic carbocycles. The van der Waals surface area contributed by atoms with E-state index in [2.05, 4.69) is 21.2 Å². The van der Waals surface area contributed by atoms with Crippen LogP contribution >= 0.6 is 15.9 Å². The molecule has 5 nitrogen and oxygen atoms in total. The zero-order valence-corrected chi connectivity index (χ0v) is 12.6. The first kappa shape index (κ1) is 14.6. The fourth-order valence-electron chi connectivity index (χ4n) is 2.19. The first-order valence-electron chi connectivity index (χ1n) is 6.48. The standard InChI is InChI=1S/C13H19BrN2O3/c1-2-16-8-10(14)7-11(16)12(17)15-9-13(18)3-5-19-6-4-13/h7-8,18H,2-6,9H2,1H3,(H,15,17). The van der Waals surface area contributed by atoms with Gasteiger partial charge in [-0.15, -0.1) is 0 Å². The SMILES string of the molecule is CCn1cc(Br)cc1C(=O)NCC1(O)CCOCC1. The van der Waals surface area contributed by atoms with Crippen molar-refractivity contribution in [2.75, 3.05) is 19.8 Å². The summed E-state index contributed by atoms with van der Waals surface area (Å²) < 4.78 is 7.96. The Hall–Kier alpha value is -0.850. The maximum Gasteiger partial charge on any atom is 0.268 e. The third-order valence-corrected chi connectivity index (χ3v) is 3.87. The molecule has 0 radical (unpaired) electrons. The van der Waals surface area contributed by atoms with Crippen LogP contribution in [0.4, 0.5) is 0 Å². The average Bonchev–Trinajstić information content (AvgIpc) is 2.78. The number of aliphatic hydroxyl groups is 1. The van der Waals surface area contributed by atoms with Crippen molar-refractivity contribution in [2.24, 2.45) is 0 Å². The molecule has 19 heavy (non-hydrogen) atoms. The van der Waals surface area contributed by atoms with Gasteiger partial charge in [0.05, 0.1) is 5.60 Å². The maximum absolute atomic E-state index is 12.1. The van der Waals surface area contributed by atoms with E-state index in [0.717, 1.165) is 11.0 Å². The van der Waals surface area contributed by atoms with Crippen molar-refractivity contribution in [1.82, 2.24) is 9.88 Å². The Balaban J connectivity index is 1.97. The van der Waals surface area contributed by atoms with Crippen LogP contribution in [0.5, 0.6) is 0 Å². The molecule has 1 fully saturated rings. The molecule has 0 bridgehead atoms. The molecule has 0 spiro atoms. The van der Waals surface area contributed by atoms with Crippen LogP contribution in [0.25, 0.3) is 0 Å². The van der Waals surface area contributed by atoms with Crippen LogP contribution in [0.15, 0.2) is 16.7 Å². The van der Waals surface area contributed by atoms with Crippen LogP contribution in [0.3, 0.4) is 0 Å². The Kier molecular flexibility index (Phi) is 4.65. The molecule has 1 aromatic rings. The fraction of sp³-hybridized carbons (Fsp3) is 0.615. The highest BCUT2D eigenvalue weighted by atomic mass is 79.9. The van der Waals surface area contributed by atoms with Crippen LogP contribution < -0.4 is 5.32 Å². The molecule has 2 N–H and O–H groups in total. The number of halogens is 1. The summed E-state index contributed by atoms with van der Waals surface area (Å²) in [6.45, 7) is 4.07. The van der Waals surface area contributed by atoms with Gasteiger partial charge in [-0.1, -0.05) is 0 Å². The topological polar surface area (TPSA) is 63.5 Å². The van der Waals surface area contributed by atoms with E-state index >= 15 is 0 Å². The van der Waals surface area contributed by atoms with Gasteiger partial charge < -0.3 is 19.7 Å². The number of carbonyl (C=O) groups is 1. The van der Waals surface area contributed by atoms with Crippen molar-refractivity contribution in [1.29, 1.82) is 0 Å². The predicted molar refractivity (Wildman–Crippen MR) is 75.1 cm³/mol. The minimum absolute atomic E-state index is 0.160. The molecule has 2 rings (SSSR count). The number of nitrogens with zero attached hydrogens (tertiary/aromatic N) is 1. The van der Waals surface area contributed by atoms with Gasteiger partial charge in [-0.25, -0.2) is 0 Å². The van der Waals surface area contributed by atoms with Crippen LogP contribution in [-0.2, 0) is 11.3 Å². The molecule has 0 atom stereocenters. The number of nitrogens with one attached hydrogen (secondary N) is 1. The zero-order valence-electron chi connectivity index (χ0n) is 11.0. The molecule has 0 saturated carbocycles. The average molecular weight is 331 g/mol. The first-order chi connectivity index (χ1) is 9.04. The van der Waals surface area contributed by atoms with Gasteiger partial charge in [-0.3, -0.25) is 4.79 Å². The second-order valence-corrected chi connectivity index (χ2v) is 5.76. The van der Waals surface area contributed by atoms with Crippen molar-refractivity contribution in [2.45, 2.75) is 31.9 Å². The molecule has 1 aliphatic rings. The van der Waals surface area contributed by atoms with E-state index < -0.39 is 5.60 Å². The summed E-state index contributed by atoms with van der Waals surface area (Å²) in [4.78, 5) is 12.1. The zero-order chi connectivity index (χ0) is 13.9. The van der Waals surface area contributed by atoms with E-state index in [0.29, 0.717) is 31.7 Å². The molecule has 1 aliphatic heterocycles. The van der Waals surface area contributed by atoms with Crippen molar-refractivity contribution in [3.63, 3.8) is 0 Å². The third kappa shape index (κ3) is 3.58. The summed E-state index contributed by atoms with van der Waals surface area (Å²) in [6.07, 6.45) is 3.00. The van der Waals surface area contributed by atoms with Crippen LogP contribution in [0, 0.1) is 0 Å². The monoisotopic (exact) mass is 330 g/mol. The van der Waals surface area contributed by atoms with E-state index in [4.69, 9.17) is 4.74 Å². The minimum Gasteiger partial charge on any atom is -0.388 e. The van der Waals surface area contributed by atoms with Crippen molar-refractivity contribution >= 4 is 21.8 Å². The summed E-state index contributed by atoms with van der Waals surface area (Å²) in [5, 5.41) is 13.1. The summed E-state index contributed by atoms with van der Waals surface area (Å²) >= 11 is 3.36. The lowest BCUT2D eigenvalue weighted by molar-refractivity contribution is -0.0605. The number of carbonyl (C=O) groups excluding carboxylic acids is 1. The van der Waals surface area contributed by atoms with Gasteiger partial charge in [0.25, 0.3) is 5.91 Å². The third-order valence-electron chi connectivity index (χ3n) is 3.44. The lowest BCUT2D eigenvalue weighted by Gasteiger charge is -2.32. The van der Waals surface area contributed by atoms with Gasteiger partial charge in [0.2, 0.25) is 0 Å². The number of hydrogen-bond donors (Lipinski definition) is 2. The number of amides is 1. The molecule has 6 heteroatoms. The van der Waals surface area contributed by atoms with E-state index in [-0.39, 0.29) is 12.5 Å². The summed E-state index contributed by atoms with van der Waals surface area (Å²) in [6, 6.07) is 1.78. The van der Waals surface area contributed by atoms with Crippen LogP contribution in [-0.4, -0.2) is 40.9 Å². The molecule has 1 saturated heterocycles. The molecule has 0 aromatic carbocycles. The normalized spacial score (nSPS) is 18.3. The summed E-state index contributed by atoms with van der Waals surface area (Å²) in [7, 11) is 0. The highest BCUT2D eigenvalue weighted by molar-refractivity contribution is 9.10. The Morgan fingerprint density at radius 3 is 2.89 bits per heavy atom. The molecule has 2 heterocycles. The number of ether oxygens (including phenoxy) is 1. The smallest absolute Gasteiger partial charge is 0.268 e. The predicted octanol–water partition coefficient (Wildman–Crippen LogP) is 1.54. The molecule has 0 unspecified atom stereocenters. The second kappa shape index (κ2) is 6.07. The lowest BCUT2D eigenvalue weighted by Crippen LogP contribution is -2.46. The van der Waals surface area contributed by atoms with E-state index in [9.17, 15) is 9.90 Å². The summed E-state index contributed by atoms with van der Waals surface area (Å²) in [5.41, 5.74) is -0.237. The highest BCUT2D eigenvalue weighted by Gasteiger charge is 2.30. The Morgan fingerprint density at radius 2 is 2.26 bits per heavy atom. The quantitative estimate of drug-likeness (QED) is 0.880. The number of hydrogen-bond acceptors (Lipinski definition) is 3. The molecule has 106 valence electrons. The Labute approximate surface area is 121 Å². The van der Waals surface area contributed by atoms with Gasteiger partial charge in [-0.05, 0) is 28.9 Å². The van der Waals surface area contributed by atoms with Crippen molar-refractivity contribution in [3.05, 3.63) is 22.4 Å². The number of aryl methyl sites for hydroxylation is 1. The minimum atomic E-state index is -0.839. The fourth-order valence-corrected chi connectivity index (χ4v) is 2.65. The van der Waals surface area contributed by atoms with Crippen LogP contribution in [0.1, 0.15) is 30.3 Å². The highest BCUT2D eigenvalue weighted by Crippen LogP contribution is 2.20. The molecular weight excluding hydrogens is 312 g/mol. The van der Waals surface area contributed by atoms with E-state index in [1.54, 1.807) is 6.07 Å².